The number of carbonyl (C=O) groups is 3. The molecule has 10 heteroatoms. The van der Waals surface area contributed by atoms with E-state index in [0.717, 1.165) is 37.0 Å². The van der Waals surface area contributed by atoms with E-state index >= 15 is 0 Å². The van der Waals surface area contributed by atoms with Crippen molar-refractivity contribution < 1.29 is 34.1 Å². The molecule has 1 saturated carbocycles. The minimum absolute atomic E-state index is 0.0215. The normalized spacial score (nSPS) is 13.9. The number of ether oxygens (including phenoxy) is 2. The monoisotopic (exact) mass is 509 g/mol. The second-order valence-electron chi connectivity index (χ2n) is 8.17. The first-order valence-electron chi connectivity index (χ1n) is 11.3. The van der Waals surface area contributed by atoms with E-state index in [1.54, 1.807) is 29.2 Å². The van der Waals surface area contributed by atoms with Crippen molar-refractivity contribution in [1.82, 2.24) is 0 Å². The summed E-state index contributed by atoms with van der Waals surface area (Å²) < 4.78 is 10.6. The van der Waals surface area contributed by atoms with Crippen LogP contribution in [0.25, 0.3) is 10.4 Å². The van der Waals surface area contributed by atoms with Crippen LogP contribution < -0.4 is 9.64 Å². The summed E-state index contributed by atoms with van der Waals surface area (Å²) >= 11 is 7.33. The van der Waals surface area contributed by atoms with Crippen molar-refractivity contribution in [2.45, 2.75) is 45.4 Å². The Kier molecular flexibility index (Phi) is 9.18. The first-order valence-corrected chi connectivity index (χ1v) is 12.5. The Morgan fingerprint density at radius 3 is 2.56 bits per heavy atom. The summed E-state index contributed by atoms with van der Waals surface area (Å²) in [6, 6.07) is 7.09. The van der Waals surface area contributed by atoms with Crippen LogP contribution in [-0.2, 0) is 9.53 Å². The fraction of sp³-hybridized carbons (Fsp3) is 0.458. The maximum absolute atomic E-state index is 12.9. The molecule has 184 valence electrons. The van der Waals surface area contributed by atoms with E-state index in [2.05, 4.69) is 0 Å². The molecule has 1 heterocycles. The molecule has 0 aliphatic heterocycles. The summed E-state index contributed by atoms with van der Waals surface area (Å²) in [5.74, 6) is -2.31. The number of carboxylic acid groups (broad SMARTS) is 2. The van der Waals surface area contributed by atoms with Crippen LogP contribution in [-0.4, -0.2) is 48.0 Å². The molecule has 1 aromatic heterocycles. The van der Waals surface area contributed by atoms with Crippen LogP contribution in [0.2, 0.25) is 5.02 Å². The van der Waals surface area contributed by atoms with Gasteiger partial charge in [0.2, 0.25) is 0 Å². The van der Waals surface area contributed by atoms with E-state index in [1.165, 1.54) is 6.42 Å². The van der Waals surface area contributed by atoms with Crippen LogP contribution in [0, 0.1) is 5.92 Å². The van der Waals surface area contributed by atoms with Crippen molar-refractivity contribution >= 4 is 46.7 Å². The van der Waals surface area contributed by atoms with Crippen LogP contribution in [0.3, 0.4) is 0 Å². The third-order valence-corrected chi connectivity index (χ3v) is 7.26. The lowest BCUT2D eigenvalue weighted by atomic mass is 9.89. The van der Waals surface area contributed by atoms with Crippen molar-refractivity contribution in [1.29, 1.82) is 0 Å². The number of anilines is 1. The van der Waals surface area contributed by atoms with Gasteiger partial charge in [-0.1, -0.05) is 49.9 Å². The molecule has 0 spiro atoms. The van der Waals surface area contributed by atoms with E-state index in [0.29, 0.717) is 41.6 Å². The van der Waals surface area contributed by atoms with Crippen molar-refractivity contribution in [2.75, 3.05) is 24.7 Å². The zero-order chi connectivity index (χ0) is 24.7. The Balaban J connectivity index is 1.95. The minimum atomic E-state index is -1.27. The number of aliphatic carboxylic acids is 1. The van der Waals surface area contributed by atoms with Gasteiger partial charge >= 0.3 is 18.0 Å². The second-order valence-corrected chi connectivity index (χ2v) is 9.57. The molecule has 0 radical (unpaired) electrons. The van der Waals surface area contributed by atoms with Gasteiger partial charge in [-0.2, -0.15) is 0 Å². The molecular weight excluding hydrogens is 482 g/mol. The molecule has 34 heavy (non-hydrogen) atoms. The van der Waals surface area contributed by atoms with Gasteiger partial charge in [-0.15, -0.1) is 11.3 Å². The lowest BCUT2D eigenvalue weighted by Gasteiger charge is -2.29. The van der Waals surface area contributed by atoms with E-state index in [1.807, 2.05) is 6.92 Å². The summed E-state index contributed by atoms with van der Waals surface area (Å²) in [5, 5.41) is 18.5. The topological polar surface area (TPSA) is 113 Å². The van der Waals surface area contributed by atoms with Crippen LogP contribution >= 0.6 is 22.9 Å². The maximum Gasteiger partial charge on any atom is 0.414 e. The number of carbonyl (C=O) groups excluding carboxylic acids is 1. The van der Waals surface area contributed by atoms with Gasteiger partial charge in [-0.3, -0.25) is 4.90 Å². The predicted octanol–water partition coefficient (Wildman–Crippen LogP) is 6.16. The molecule has 0 atom stereocenters. The standard InChI is InChI=1S/C24H28ClNO7S/c1-2-11-32-24(31)26(13-15-7-4-3-5-8-15)17-10-6-9-16(12-17)21-19(25)20(33-14-18(27)28)22(34-21)23(29)30/h6,9-10,12,15H,2-5,7-8,11,13-14H2,1H3,(H,27,28)(H,29,30). The summed E-state index contributed by atoms with van der Waals surface area (Å²) in [6.07, 6.45) is 5.90. The Morgan fingerprint density at radius 1 is 1.18 bits per heavy atom. The highest BCUT2D eigenvalue weighted by atomic mass is 35.5. The van der Waals surface area contributed by atoms with Gasteiger partial charge in [-0.25, -0.2) is 14.4 Å². The van der Waals surface area contributed by atoms with Crippen LogP contribution in [0.15, 0.2) is 24.3 Å². The number of carboxylic acids is 2. The maximum atomic E-state index is 12.9. The quantitative estimate of drug-likeness (QED) is 0.394. The van der Waals surface area contributed by atoms with Crippen molar-refractivity contribution in [3.63, 3.8) is 0 Å². The number of halogens is 1. The lowest BCUT2D eigenvalue weighted by Crippen LogP contribution is -2.36. The van der Waals surface area contributed by atoms with Gasteiger partial charge in [0.05, 0.1) is 11.5 Å². The third kappa shape index (κ3) is 6.42. The van der Waals surface area contributed by atoms with E-state index in [4.69, 9.17) is 26.2 Å². The molecule has 8 nitrogen and oxygen atoms in total. The Bertz CT molecular complexity index is 1030. The molecule has 1 amide bonds. The van der Waals surface area contributed by atoms with Crippen molar-refractivity contribution in [3.8, 4) is 16.2 Å². The van der Waals surface area contributed by atoms with Gasteiger partial charge in [0, 0.05) is 12.2 Å². The minimum Gasteiger partial charge on any atom is -0.479 e. The van der Waals surface area contributed by atoms with E-state index in [-0.39, 0.29) is 15.6 Å². The smallest absolute Gasteiger partial charge is 0.414 e. The van der Waals surface area contributed by atoms with Crippen LogP contribution in [0.1, 0.15) is 55.1 Å². The first kappa shape index (κ1) is 25.8. The average Bonchev–Trinajstić information content (AvgIpc) is 3.16. The summed E-state index contributed by atoms with van der Waals surface area (Å²) in [5.41, 5.74) is 1.22. The molecule has 3 rings (SSSR count). The van der Waals surface area contributed by atoms with Crippen LogP contribution in [0.4, 0.5) is 10.5 Å². The Labute approximate surface area is 207 Å². The van der Waals surface area contributed by atoms with E-state index in [9.17, 15) is 19.5 Å². The molecule has 2 aromatic rings. The number of nitrogens with zero attached hydrogens (tertiary/aromatic N) is 1. The number of amides is 1. The third-order valence-electron chi connectivity index (χ3n) is 5.58. The molecular formula is C24H28ClNO7S. The Hall–Kier alpha value is -2.78. The van der Waals surface area contributed by atoms with Crippen molar-refractivity contribution in [3.05, 3.63) is 34.2 Å². The van der Waals surface area contributed by atoms with Gasteiger partial charge in [0.25, 0.3) is 0 Å². The average molecular weight is 510 g/mol. The fourth-order valence-corrected chi connectivity index (χ4v) is 5.38. The lowest BCUT2D eigenvalue weighted by molar-refractivity contribution is -0.139. The van der Waals surface area contributed by atoms with E-state index < -0.39 is 24.6 Å². The largest absolute Gasteiger partial charge is 0.479 e. The molecule has 1 aromatic carbocycles. The molecule has 1 aliphatic rings. The highest BCUT2D eigenvalue weighted by Crippen LogP contribution is 2.46. The zero-order valence-electron chi connectivity index (χ0n) is 18.9. The highest BCUT2D eigenvalue weighted by Gasteiger charge is 2.27. The number of hydrogen-bond acceptors (Lipinski definition) is 6. The fourth-order valence-electron chi connectivity index (χ4n) is 3.98. The van der Waals surface area contributed by atoms with Crippen LogP contribution in [0.5, 0.6) is 5.75 Å². The number of hydrogen-bond donors (Lipinski definition) is 2. The Morgan fingerprint density at radius 2 is 1.91 bits per heavy atom. The highest BCUT2D eigenvalue weighted by molar-refractivity contribution is 7.18. The molecule has 0 bridgehead atoms. The first-order chi connectivity index (χ1) is 16.3. The SMILES string of the molecule is CCCOC(=O)N(CC1CCCCC1)c1cccc(-c2sc(C(=O)O)c(OCC(=O)O)c2Cl)c1. The summed E-state index contributed by atoms with van der Waals surface area (Å²) in [6.45, 7) is 2.08. The van der Waals surface area contributed by atoms with Gasteiger partial charge in [0.1, 0.15) is 5.02 Å². The number of aromatic carboxylic acids is 1. The summed E-state index contributed by atoms with van der Waals surface area (Å²) in [4.78, 5) is 37.4. The van der Waals surface area contributed by atoms with Crippen molar-refractivity contribution in [2.24, 2.45) is 5.92 Å². The molecule has 2 N–H and O–H groups in total. The zero-order valence-corrected chi connectivity index (χ0v) is 20.5. The number of rotatable bonds is 10. The molecule has 0 saturated heterocycles. The predicted molar refractivity (Wildman–Crippen MR) is 130 cm³/mol. The molecule has 1 fully saturated rings. The van der Waals surface area contributed by atoms with Gasteiger partial charge < -0.3 is 19.7 Å². The number of benzene rings is 1. The van der Waals surface area contributed by atoms with Gasteiger partial charge in [-0.05, 0) is 42.9 Å². The van der Waals surface area contributed by atoms with Gasteiger partial charge in [0.15, 0.2) is 17.2 Å². The molecule has 1 aliphatic carbocycles. The number of thiophene rings is 1. The molecule has 0 unspecified atom stereocenters. The summed E-state index contributed by atoms with van der Waals surface area (Å²) in [7, 11) is 0. The second kappa shape index (κ2) is 12.1.